The van der Waals surface area contributed by atoms with Crippen LogP contribution in [0.25, 0.3) is 0 Å². The lowest BCUT2D eigenvalue weighted by molar-refractivity contribution is 0.0697. The van der Waals surface area contributed by atoms with Gasteiger partial charge in [-0.2, -0.15) is 0 Å². The maximum atomic E-state index is 13.7. The number of carbonyl (C=O) groups is 2. The first-order valence-electron chi connectivity index (χ1n) is 6.64. The molecule has 1 aliphatic carbocycles. The molecule has 1 aliphatic rings. The largest absolute Gasteiger partial charge is 0.478 e. The highest BCUT2D eigenvalue weighted by atomic mass is 19.1. The highest BCUT2D eigenvalue weighted by Crippen LogP contribution is 2.28. The van der Waals surface area contributed by atoms with Crippen LogP contribution in [-0.2, 0) is 0 Å². The number of benzene rings is 1. The molecule has 1 aromatic carbocycles. The lowest BCUT2D eigenvalue weighted by atomic mass is 10.1. The number of anilines is 1. The van der Waals surface area contributed by atoms with Crippen molar-refractivity contribution in [1.82, 2.24) is 4.90 Å². The zero-order valence-electron chi connectivity index (χ0n) is 11.2. The molecule has 0 spiro atoms. The molecule has 1 saturated carbocycles. The summed E-state index contributed by atoms with van der Waals surface area (Å²) in [6, 6.07) is 3.45. The number of carboxylic acid groups (broad SMARTS) is 1. The molecule has 0 saturated heterocycles. The Kier molecular flexibility index (Phi) is 4.22. The smallest absolute Gasteiger partial charge is 0.337 e. The standard InChI is InChI=1S/C14H17FN2O3/c1-2-8-17(9-6-7-9)14(20)16-12-10(13(18)19)4-3-5-11(12)15/h3-5,9H,2,6-8H2,1H3,(H,16,20)(H,18,19). The van der Waals surface area contributed by atoms with Crippen LogP contribution in [0.1, 0.15) is 36.5 Å². The topological polar surface area (TPSA) is 69.6 Å². The van der Waals surface area contributed by atoms with Crippen molar-refractivity contribution in [2.24, 2.45) is 0 Å². The van der Waals surface area contributed by atoms with E-state index >= 15 is 0 Å². The molecule has 0 radical (unpaired) electrons. The summed E-state index contributed by atoms with van der Waals surface area (Å²) in [7, 11) is 0. The van der Waals surface area contributed by atoms with E-state index < -0.39 is 17.8 Å². The summed E-state index contributed by atoms with van der Waals surface area (Å²) < 4.78 is 13.7. The second-order valence-electron chi connectivity index (χ2n) is 4.82. The molecular weight excluding hydrogens is 263 g/mol. The third kappa shape index (κ3) is 3.07. The number of hydrogen-bond acceptors (Lipinski definition) is 2. The number of hydrogen-bond donors (Lipinski definition) is 2. The van der Waals surface area contributed by atoms with Gasteiger partial charge in [-0.3, -0.25) is 0 Å². The molecule has 20 heavy (non-hydrogen) atoms. The monoisotopic (exact) mass is 280 g/mol. The summed E-state index contributed by atoms with van der Waals surface area (Å²) in [4.78, 5) is 24.9. The van der Waals surface area contributed by atoms with Gasteiger partial charge in [-0.1, -0.05) is 13.0 Å². The molecule has 0 atom stereocenters. The van der Waals surface area contributed by atoms with Crippen LogP contribution in [0.3, 0.4) is 0 Å². The molecule has 2 N–H and O–H groups in total. The Morgan fingerprint density at radius 3 is 2.70 bits per heavy atom. The fourth-order valence-electron chi connectivity index (χ4n) is 2.09. The van der Waals surface area contributed by atoms with E-state index in [0.29, 0.717) is 6.54 Å². The SMILES string of the molecule is CCCN(C(=O)Nc1c(F)cccc1C(=O)O)C1CC1. The minimum atomic E-state index is -1.27. The molecular formula is C14H17FN2O3. The second-order valence-corrected chi connectivity index (χ2v) is 4.82. The molecule has 6 heteroatoms. The highest BCUT2D eigenvalue weighted by Gasteiger charge is 2.32. The molecule has 0 heterocycles. The van der Waals surface area contributed by atoms with Crippen LogP contribution >= 0.6 is 0 Å². The Morgan fingerprint density at radius 2 is 2.15 bits per heavy atom. The zero-order chi connectivity index (χ0) is 14.7. The Hall–Kier alpha value is -2.11. The van der Waals surface area contributed by atoms with Gasteiger partial charge >= 0.3 is 12.0 Å². The van der Waals surface area contributed by atoms with E-state index in [0.717, 1.165) is 25.3 Å². The van der Waals surface area contributed by atoms with Crippen molar-refractivity contribution in [3.8, 4) is 0 Å². The predicted octanol–water partition coefficient (Wildman–Crippen LogP) is 2.93. The van der Waals surface area contributed by atoms with Crippen LogP contribution < -0.4 is 5.32 Å². The molecule has 2 amide bonds. The summed E-state index contributed by atoms with van der Waals surface area (Å²) in [6.45, 7) is 2.53. The Bertz CT molecular complexity index is 529. The summed E-state index contributed by atoms with van der Waals surface area (Å²) in [5, 5.41) is 11.4. The van der Waals surface area contributed by atoms with Gasteiger partial charge in [-0.15, -0.1) is 0 Å². The first-order chi connectivity index (χ1) is 9.54. The van der Waals surface area contributed by atoms with Crippen LogP contribution in [0.5, 0.6) is 0 Å². The molecule has 1 aromatic rings. The van der Waals surface area contributed by atoms with Gasteiger partial charge in [0.2, 0.25) is 0 Å². The van der Waals surface area contributed by atoms with Crippen LogP contribution in [0.2, 0.25) is 0 Å². The van der Waals surface area contributed by atoms with Crippen molar-refractivity contribution in [2.45, 2.75) is 32.2 Å². The quantitative estimate of drug-likeness (QED) is 0.871. The number of aromatic carboxylic acids is 1. The number of halogens is 1. The predicted molar refractivity (Wildman–Crippen MR) is 72.4 cm³/mol. The molecule has 108 valence electrons. The van der Waals surface area contributed by atoms with Crippen LogP contribution in [0.4, 0.5) is 14.9 Å². The van der Waals surface area contributed by atoms with Gasteiger partial charge in [0, 0.05) is 12.6 Å². The third-order valence-corrected chi connectivity index (χ3v) is 3.19. The molecule has 0 unspecified atom stereocenters. The number of nitrogens with zero attached hydrogens (tertiary/aromatic N) is 1. The number of rotatable bonds is 5. The van der Waals surface area contributed by atoms with Gasteiger partial charge in [-0.05, 0) is 31.4 Å². The number of nitrogens with one attached hydrogen (secondary N) is 1. The number of carboxylic acids is 1. The molecule has 0 bridgehead atoms. The first-order valence-corrected chi connectivity index (χ1v) is 6.64. The second kappa shape index (κ2) is 5.90. The van der Waals surface area contributed by atoms with Gasteiger partial charge in [-0.25, -0.2) is 14.0 Å². The van der Waals surface area contributed by atoms with Crippen molar-refractivity contribution in [3.05, 3.63) is 29.6 Å². The highest BCUT2D eigenvalue weighted by molar-refractivity contribution is 6.00. The van der Waals surface area contributed by atoms with E-state index in [1.807, 2.05) is 6.92 Å². The number of para-hydroxylation sites is 1. The van der Waals surface area contributed by atoms with Crippen molar-refractivity contribution in [3.63, 3.8) is 0 Å². The van der Waals surface area contributed by atoms with E-state index in [9.17, 15) is 14.0 Å². The summed E-state index contributed by atoms with van der Waals surface area (Å²) in [5.41, 5.74) is -0.516. The van der Waals surface area contributed by atoms with Crippen molar-refractivity contribution >= 4 is 17.7 Å². The van der Waals surface area contributed by atoms with E-state index in [4.69, 9.17) is 5.11 Å². The van der Waals surface area contributed by atoms with E-state index in [-0.39, 0.29) is 17.3 Å². The fraction of sp³-hybridized carbons (Fsp3) is 0.429. The van der Waals surface area contributed by atoms with E-state index in [2.05, 4.69) is 5.32 Å². The van der Waals surface area contributed by atoms with Crippen LogP contribution in [0, 0.1) is 5.82 Å². The molecule has 2 rings (SSSR count). The number of urea groups is 1. The Morgan fingerprint density at radius 1 is 1.45 bits per heavy atom. The lowest BCUT2D eigenvalue weighted by Crippen LogP contribution is -2.37. The van der Waals surface area contributed by atoms with Crippen LogP contribution in [-0.4, -0.2) is 34.6 Å². The maximum Gasteiger partial charge on any atom is 0.337 e. The van der Waals surface area contributed by atoms with E-state index in [1.54, 1.807) is 4.90 Å². The normalized spacial score (nSPS) is 13.9. The molecule has 0 aromatic heterocycles. The summed E-state index contributed by atoms with van der Waals surface area (Å²) in [5.74, 6) is -2.02. The third-order valence-electron chi connectivity index (χ3n) is 3.19. The summed E-state index contributed by atoms with van der Waals surface area (Å²) in [6.07, 6.45) is 2.68. The number of amides is 2. The van der Waals surface area contributed by atoms with Crippen LogP contribution in [0.15, 0.2) is 18.2 Å². The molecule has 1 fully saturated rings. The van der Waals surface area contributed by atoms with Gasteiger partial charge in [0.05, 0.1) is 11.3 Å². The van der Waals surface area contributed by atoms with Gasteiger partial charge in [0.15, 0.2) is 0 Å². The minimum Gasteiger partial charge on any atom is -0.478 e. The average molecular weight is 280 g/mol. The van der Waals surface area contributed by atoms with Crippen molar-refractivity contribution in [1.29, 1.82) is 0 Å². The van der Waals surface area contributed by atoms with Gasteiger partial charge in [0.1, 0.15) is 5.82 Å². The van der Waals surface area contributed by atoms with Gasteiger partial charge < -0.3 is 15.3 Å². The average Bonchev–Trinajstić information content (AvgIpc) is 3.22. The fourth-order valence-corrected chi connectivity index (χ4v) is 2.09. The number of carbonyl (C=O) groups excluding carboxylic acids is 1. The Labute approximate surface area is 116 Å². The van der Waals surface area contributed by atoms with Crippen molar-refractivity contribution in [2.75, 3.05) is 11.9 Å². The molecule has 5 nitrogen and oxygen atoms in total. The zero-order valence-corrected chi connectivity index (χ0v) is 11.2. The minimum absolute atomic E-state index is 0.190. The van der Waals surface area contributed by atoms with Crippen molar-refractivity contribution < 1.29 is 19.1 Å². The Balaban J connectivity index is 2.20. The van der Waals surface area contributed by atoms with Gasteiger partial charge in [0.25, 0.3) is 0 Å². The van der Waals surface area contributed by atoms with E-state index in [1.165, 1.54) is 12.1 Å². The summed E-state index contributed by atoms with van der Waals surface area (Å²) >= 11 is 0. The maximum absolute atomic E-state index is 13.7. The lowest BCUT2D eigenvalue weighted by Gasteiger charge is -2.22. The first kappa shape index (κ1) is 14.3. The molecule has 0 aliphatic heterocycles.